The van der Waals surface area contributed by atoms with Crippen molar-refractivity contribution in [3.63, 3.8) is 0 Å². The van der Waals surface area contributed by atoms with Gasteiger partial charge in [-0.3, -0.25) is 0 Å². The van der Waals surface area contributed by atoms with E-state index in [4.69, 9.17) is 9.47 Å². The van der Waals surface area contributed by atoms with Crippen LogP contribution in [0.1, 0.15) is 22.3 Å². The molecule has 140 valence electrons. The fourth-order valence-electron chi connectivity index (χ4n) is 3.31. The monoisotopic (exact) mass is 368 g/mol. The first kappa shape index (κ1) is 18.1. The Hall–Kier alpha value is -3.26. The summed E-state index contributed by atoms with van der Waals surface area (Å²) in [7, 11) is 0. The molecule has 2 nitrogen and oxygen atoms in total. The number of hydrogen-bond donors (Lipinski definition) is 0. The average molecular weight is 368 g/mol. The Kier molecular flexibility index (Phi) is 4.79. The quantitative estimate of drug-likeness (QED) is 0.368. The number of rotatable bonds is 4. The van der Waals surface area contributed by atoms with E-state index in [0.29, 0.717) is 0 Å². The summed E-state index contributed by atoms with van der Waals surface area (Å²) in [5.41, 5.74) is 4.69. The molecule has 4 rings (SSSR count). The maximum atomic E-state index is 6.25. The number of hydrogen-bond acceptors (Lipinski definition) is 2. The molecule has 4 aromatic rings. The molecule has 2 heteroatoms. The molecule has 0 atom stereocenters. The minimum absolute atomic E-state index is 0.833. The third-order valence-electron chi connectivity index (χ3n) is 4.78. The van der Waals surface area contributed by atoms with E-state index in [9.17, 15) is 0 Å². The van der Waals surface area contributed by atoms with Crippen molar-refractivity contribution < 1.29 is 9.47 Å². The van der Waals surface area contributed by atoms with E-state index >= 15 is 0 Å². The van der Waals surface area contributed by atoms with Gasteiger partial charge < -0.3 is 9.47 Å². The molecule has 0 aliphatic heterocycles. The Bertz CT molecular complexity index is 1030. The van der Waals surface area contributed by atoms with Crippen LogP contribution in [0.25, 0.3) is 10.8 Å². The van der Waals surface area contributed by atoms with Gasteiger partial charge in [0.2, 0.25) is 0 Å². The molecule has 0 aliphatic rings. The standard InChI is InChI=1S/C26H24O2/c1-17-5-9-21(10-6-17)27-25-15-19(3)14-24-23(25)13-20(4)16-26(24)28-22-11-7-18(2)8-12-22/h5-16H,1-4H3. The highest BCUT2D eigenvalue weighted by molar-refractivity contribution is 5.94. The molecule has 0 amide bonds. The van der Waals surface area contributed by atoms with E-state index in [1.165, 1.54) is 11.1 Å². The van der Waals surface area contributed by atoms with Gasteiger partial charge in [0.25, 0.3) is 0 Å². The van der Waals surface area contributed by atoms with Crippen LogP contribution >= 0.6 is 0 Å². The molecule has 0 saturated carbocycles. The topological polar surface area (TPSA) is 18.5 Å². The van der Waals surface area contributed by atoms with Gasteiger partial charge in [-0.1, -0.05) is 35.4 Å². The Labute approximate surface area is 166 Å². The Morgan fingerprint density at radius 2 is 0.786 bits per heavy atom. The van der Waals surface area contributed by atoms with Crippen LogP contribution in [0, 0.1) is 27.7 Å². The zero-order valence-corrected chi connectivity index (χ0v) is 16.7. The molecule has 0 radical (unpaired) electrons. The van der Waals surface area contributed by atoms with Gasteiger partial charge in [0.1, 0.15) is 23.0 Å². The van der Waals surface area contributed by atoms with Gasteiger partial charge in [0, 0.05) is 10.8 Å². The van der Waals surface area contributed by atoms with E-state index in [2.05, 4.69) is 76.2 Å². The predicted molar refractivity (Wildman–Crippen MR) is 116 cm³/mol. The second-order valence-electron chi connectivity index (χ2n) is 7.45. The van der Waals surface area contributed by atoms with E-state index in [1.807, 2.05) is 24.3 Å². The van der Waals surface area contributed by atoms with Gasteiger partial charge in [-0.2, -0.15) is 0 Å². The summed E-state index contributed by atoms with van der Waals surface area (Å²) in [4.78, 5) is 0. The van der Waals surface area contributed by atoms with E-state index < -0.39 is 0 Å². The SMILES string of the molecule is Cc1ccc(Oc2cc(C)cc3c(Oc4ccc(C)cc4)cc(C)cc23)cc1. The summed E-state index contributed by atoms with van der Waals surface area (Å²) < 4.78 is 12.5. The number of ether oxygens (including phenoxy) is 2. The maximum Gasteiger partial charge on any atom is 0.135 e. The Morgan fingerprint density at radius 3 is 1.14 bits per heavy atom. The van der Waals surface area contributed by atoms with Crippen LogP contribution < -0.4 is 9.47 Å². The van der Waals surface area contributed by atoms with Gasteiger partial charge in [-0.15, -0.1) is 0 Å². The van der Waals surface area contributed by atoms with Crippen LogP contribution in [0.5, 0.6) is 23.0 Å². The summed E-state index contributed by atoms with van der Waals surface area (Å²) in [6, 6.07) is 24.7. The molecule has 0 fully saturated rings. The zero-order chi connectivity index (χ0) is 19.7. The Morgan fingerprint density at radius 1 is 0.429 bits per heavy atom. The van der Waals surface area contributed by atoms with Crippen molar-refractivity contribution in [3.8, 4) is 23.0 Å². The zero-order valence-electron chi connectivity index (χ0n) is 16.7. The number of fused-ring (bicyclic) bond motifs is 1. The third kappa shape index (κ3) is 3.86. The molecule has 28 heavy (non-hydrogen) atoms. The first-order valence-corrected chi connectivity index (χ1v) is 9.52. The van der Waals surface area contributed by atoms with E-state index in [1.54, 1.807) is 0 Å². The second kappa shape index (κ2) is 7.40. The van der Waals surface area contributed by atoms with Crippen molar-refractivity contribution in [1.82, 2.24) is 0 Å². The summed E-state index contributed by atoms with van der Waals surface area (Å²) >= 11 is 0. The number of benzene rings is 4. The van der Waals surface area contributed by atoms with Crippen LogP contribution in [0.4, 0.5) is 0 Å². The molecular formula is C26H24O2. The lowest BCUT2D eigenvalue weighted by Crippen LogP contribution is -1.92. The Balaban J connectivity index is 1.80. The van der Waals surface area contributed by atoms with Crippen molar-refractivity contribution in [3.05, 3.63) is 95.1 Å². The molecular weight excluding hydrogens is 344 g/mol. The van der Waals surface area contributed by atoms with Crippen molar-refractivity contribution in [2.75, 3.05) is 0 Å². The van der Waals surface area contributed by atoms with Crippen molar-refractivity contribution in [1.29, 1.82) is 0 Å². The smallest absolute Gasteiger partial charge is 0.135 e. The van der Waals surface area contributed by atoms with Gasteiger partial charge in [0.15, 0.2) is 0 Å². The fourth-order valence-corrected chi connectivity index (χ4v) is 3.31. The molecule has 0 bridgehead atoms. The number of aryl methyl sites for hydroxylation is 4. The van der Waals surface area contributed by atoms with Crippen LogP contribution in [0.2, 0.25) is 0 Å². The van der Waals surface area contributed by atoms with Crippen LogP contribution in [0.15, 0.2) is 72.8 Å². The molecule has 0 saturated heterocycles. The minimum atomic E-state index is 0.833. The van der Waals surface area contributed by atoms with Crippen LogP contribution in [-0.2, 0) is 0 Å². The van der Waals surface area contributed by atoms with Gasteiger partial charge in [-0.25, -0.2) is 0 Å². The lowest BCUT2D eigenvalue weighted by Gasteiger charge is -2.15. The highest BCUT2D eigenvalue weighted by atomic mass is 16.5. The lowest BCUT2D eigenvalue weighted by molar-refractivity contribution is 0.482. The van der Waals surface area contributed by atoms with Crippen molar-refractivity contribution in [2.45, 2.75) is 27.7 Å². The highest BCUT2D eigenvalue weighted by Gasteiger charge is 2.12. The first-order chi connectivity index (χ1) is 13.5. The van der Waals surface area contributed by atoms with Crippen LogP contribution in [0.3, 0.4) is 0 Å². The molecule has 0 unspecified atom stereocenters. The van der Waals surface area contributed by atoms with Crippen molar-refractivity contribution in [2.24, 2.45) is 0 Å². The molecule has 0 spiro atoms. The van der Waals surface area contributed by atoms with Gasteiger partial charge in [-0.05, 0) is 87.4 Å². The summed E-state index contributed by atoms with van der Waals surface area (Å²) in [5, 5.41) is 2.10. The fraction of sp³-hybridized carbons (Fsp3) is 0.154. The summed E-state index contributed by atoms with van der Waals surface area (Å²) in [6.45, 7) is 8.31. The van der Waals surface area contributed by atoms with Gasteiger partial charge in [0.05, 0.1) is 0 Å². The van der Waals surface area contributed by atoms with E-state index in [-0.39, 0.29) is 0 Å². The normalized spacial score (nSPS) is 10.9. The molecule has 0 aromatic heterocycles. The second-order valence-corrected chi connectivity index (χ2v) is 7.45. The highest BCUT2D eigenvalue weighted by Crippen LogP contribution is 2.38. The first-order valence-electron chi connectivity index (χ1n) is 9.52. The molecule has 0 heterocycles. The lowest BCUT2D eigenvalue weighted by atomic mass is 10.0. The molecule has 4 aromatic carbocycles. The summed E-state index contributed by atoms with van der Waals surface area (Å²) in [5.74, 6) is 3.35. The predicted octanol–water partition coefficient (Wildman–Crippen LogP) is 7.66. The summed E-state index contributed by atoms with van der Waals surface area (Å²) in [6.07, 6.45) is 0. The average Bonchev–Trinajstić information content (AvgIpc) is 2.66. The third-order valence-corrected chi connectivity index (χ3v) is 4.78. The largest absolute Gasteiger partial charge is 0.457 e. The van der Waals surface area contributed by atoms with E-state index in [0.717, 1.165) is 44.9 Å². The molecule has 0 aliphatic carbocycles. The van der Waals surface area contributed by atoms with Crippen molar-refractivity contribution >= 4 is 10.8 Å². The molecule has 0 N–H and O–H groups in total. The minimum Gasteiger partial charge on any atom is -0.457 e. The van der Waals surface area contributed by atoms with Gasteiger partial charge >= 0.3 is 0 Å². The maximum absolute atomic E-state index is 6.25. The van der Waals surface area contributed by atoms with Crippen LogP contribution in [-0.4, -0.2) is 0 Å².